The van der Waals surface area contributed by atoms with Crippen LogP contribution in [0.1, 0.15) is 59.9 Å². The van der Waals surface area contributed by atoms with Crippen molar-refractivity contribution in [3.05, 3.63) is 88.5 Å². The molecule has 1 aliphatic carbocycles. The molecule has 0 spiro atoms. The fourth-order valence-electron chi connectivity index (χ4n) is 5.37. The number of sulfone groups is 1. The normalized spacial score (nSPS) is 15.8. The van der Waals surface area contributed by atoms with Gasteiger partial charge in [0.05, 0.1) is 18.8 Å². The molecule has 0 aromatic heterocycles. The maximum atomic E-state index is 11.3. The molecule has 1 aliphatic rings. The minimum absolute atomic E-state index is 0.00480. The largest absolute Gasteiger partial charge is 0.494 e. The zero-order chi connectivity index (χ0) is 28.2. The van der Waals surface area contributed by atoms with Crippen molar-refractivity contribution in [1.82, 2.24) is 0 Å². The number of aryl methyl sites for hydroxylation is 2. The predicted molar refractivity (Wildman–Crippen MR) is 155 cm³/mol. The predicted octanol–water partition coefficient (Wildman–Crippen LogP) is 6.73. The summed E-state index contributed by atoms with van der Waals surface area (Å²) in [6.45, 7) is 6.86. The summed E-state index contributed by atoms with van der Waals surface area (Å²) in [6.07, 6.45) is 4.63. The maximum absolute atomic E-state index is 11.3. The highest BCUT2D eigenvalue weighted by atomic mass is 32.2. The monoisotopic (exact) mass is 548 g/mol. The molecule has 0 saturated carbocycles. The Morgan fingerprint density at radius 2 is 1.77 bits per heavy atom. The lowest BCUT2D eigenvalue weighted by atomic mass is 9.94. The summed E-state index contributed by atoms with van der Waals surface area (Å²) in [4.78, 5) is 11.3. The van der Waals surface area contributed by atoms with Crippen molar-refractivity contribution >= 4 is 21.4 Å². The number of carboxylic acid groups (broad SMARTS) is 1. The number of benzene rings is 3. The molecule has 1 N–H and O–H groups in total. The van der Waals surface area contributed by atoms with Crippen molar-refractivity contribution < 1.29 is 27.8 Å². The number of allylic oxidation sites excluding steroid dienone is 2. The van der Waals surface area contributed by atoms with Gasteiger partial charge in [0.25, 0.3) is 0 Å². The van der Waals surface area contributed by atoms with Crippen molar-refractivity contribution in [2.24, 2.45) is 0 Å². The van der Waals surface area contributed by atoms with E-state index in [1.807, 2.05) is 49.4 Å². The van der Waals surface area contributed by atoms with Crippen molar-refractivity contribution in [1.29, 1.82) is 0 Å². The van der Waals surface area contributed by atoms with Gasteiger partial charge >= 0.3 is 5.97 Å². The van der Waals surface area contributed by atoms with Crippen molar-refractivity contribution in [3.8, 4) is 22.6 Å². The lowest BCUT2D eigenvalue weighted by Gasteiger charge is -2.15. The molecule has 1 atom stereocenters. The molecule has 0 aliphatic heterocycles. The van der Waals surface area contributed by atoms with Crippen LogP contribution < -0.4 is 9.47 Å². The first-order chi connectivity index (χ1) is 18.5. The molecule has 7 heteroatoms. The molecular formula is C32H36O6S. The molecule has 6 nitrogen and oxygen atoms in total. The van der Waals surface area contributed by atoms with Crippen LogP contribution in [-0.2, 0) is 21.2 Å². The van der Waals surface area contributed by atoms with Crippen LogP contribution in [-0.4, -0.2) is 38.1 Å². The third-order valence-electron chi connectivity index (χ3n) is 7.10. The number of ether oxygens (including phenoxy) is 2. The topological polar surface area (TPSA) is 89.9 Å². The van der Waals surface area contributed by atoms with Crippen LogP contribution in [0, 0.1) is 13.8 Å². The summed E-state index contributed by atoms with van der Waals surface area (Å²) in [7, 11) is -2.99. The number of hydrogen-bond donors (Lipinski definition) is 1. The van der Waals surface area contributed by atoms with Crippen molar-refractivity contribution in [3.63, 3.8) is 0 Å². The summed E-state index contributed by atoms with van der Waals surface area (Å²) in [5.41, 5.74) is 8.77. The van der Waals surface area contributed by atoms with Crippen molar-refractivity contribution in [2.45, 2.75) is 52.6 Å². The first-order valence-electron chi connectivity index (χ1n) is 13.2. The van der Waals surface area contributed by atoms with Gasteiger partial charge in [0.15, 0.2) is 0 Å². The Labute approximate surface area is 231 Å². The summed E-state index contributed by atoms with van der Waals surface area (Å²) in [5, 5.41) is 9.28. The Morgan fingerprint density at radius 1 is 1.03 bits per heavy atom. The van der Waals surface area contributed by atoms with E-state index in [0.717, 1.165) is 62.4 Å². The second kappa shape index (κ2) is 12.1. The number of rotatable bonds is 11. The Balaban J connectivity index is 1.45. The first-order valence-corrected chi connectivity index (χ1v) is 15.3. The summed E-state index contributed by atoms with van der Waals surface area (Å²) in [5.74, 6) is 0.847. The summed E-state index contributed by atoms with van der Waals surface area (Å²) in [6, 6.07) is 18.2. The molecule has 3 aromatic rings. The fourth-order valence-corrected chi connectivity index (χ4v) is 6.01. The minimum Gasteiger partial charge on any atom is -0.494 e. The van der Waals surface area contributed by atoms with Gasteiger partial charge in [-0.1, -0.05) is 30.3 Å². The Kier molecular flexibility index (Phi) is 8.80. The lowest BCUT2D eigenvalue weighted by molar-refractivity contribution is -0.137. The van der Waals surface area contributed by atoms with Gasteiger partial charge in [-0.05, 0) is 114 Å². The van der Waals surface area contributed by atoms with Crippen LogP contribution in [0.2, 0.25) is 0 Å². The summed E-state index contributed by atoms with van der Waals surface area (Å²) >= 11 is 0. The van der Waals surface area contributed by atoms with Crippen LogP contribution in [0.3, 0.4) is 0 Å². The second-order valence-electron chi connectivity index (χ2n) is 10.3. The zero-order valence-electron chi connectivity index (χ0n) is 23.0. The number of fused-ring (bicyclic) bond motifs is 1. The van der Waals surface area contributed by atoms with Gasteiger partial charge in [-0.3, -0.25) is 4.79 Å². The highest BCUT2D eigenvalue weighted by Crippen LogP contribution is 2.44. The molecule has 0 bridgehead atoms. The molecule has 4 rings (SSSR count). The number of aliphatic carboxylic acids is 1. The molecular weight excluding hydrogens is 512 g/mol. The molecule has 3 aromatic carbocycles. The SMILES string of the molecule is C/C=C1/CC(CC(=O)O)c2ccc(OCc3cccc(-c4c(C)cc(OCCCS(C)(=O)=O)cc4C)c3)cc21. The van der Waals surface area contributed by atoms with Crippen LogP contribution in [0.4, 0.5) is 0 Å². The second-order valence-corrected chi connectivity index (χ2v) is 12.6. The minimum atomic E-state index is -2.99. The van der Waals surface area contributed by atoms with E-state index in [0.29, 0.717) is 19.6 Å². The third-order valence-corrected chi connectivity index (χ3v) is 8.13. The molecule has 0 fully saturated rings. The molecule has 0 amide bonds. The highest BCUT2D eigenvalue weighted by molar-refractivity contribution is 7.90. The lowest BCUT2D eigenvalue weighted by Crippen LogP contribution is -2.08. The van der Waals surface area contributed by atoms with Crippen molar-refractivity contribution in [2.75, 3.05) is 18.6 Å². The van der Waals surface area contributed by atoms with Crippen LogP contribution in [0.15, 0.2) is 60.7 Å². The van der Waals surface area contributed by atoms with E-state index in [1.54, 1.807) is 0 Å². The van der Waals surface area contributed by atoms with Gasteiger partial charge in [0.2, 0.25) is 0 Å². The summed E-state index contributed by atoms with van der Waals surface area (Å²) < 4.78 is 34.7. The van der Waals surface area contributed by atoms with Crippen LogP contribution in [0.5, 0.6) is 11.5 Å². The van der Waals surface area contributed by atoms with E-state index in [9.17, 15) is 18.3 Å². The van der Waals surface area contributed by atoms with Gasteiger partial charge in [-0.25, -0.2) is 8.42 Å². The van der Waals surface area contributed by atoms with Crippen LogP contribution >= 0.6 is 0 Å². The average Bonchev–Trinajstić information content (AvgIpc) is 3.21. The molecule has 206 valence electrons. The van der Waals surface area contributed by atoms with Gasteiger partial charge < -0.3 is 14.6 Å². The van der Waals surface area contributed by atoms with Gasteiger partial charge in [-0.15, -0.1) is 0 Å². The number of carboxylic acids is 1. The average molecular weight is 549 g/mol. The van der Waals surface area contributed by atoms with E-state index >= 15 is 0 Å². The standard InChI is InChI=1S/C32H36O6S/c1-5-24-17-26(18-31(33)34)29-11-10-27(19-30(24)29)38-20-23-8-6-9-25(16-23)32-21(2)14-28(15-22(32)3)37-12-7-13-39(4,35)36/h5-6,8-11,14-16,19,26H,7,12-13,17-18,20H2,1-4H3,(H,33,34)/b24-5-. The first kappa shape index (κ1) is 28.4. The zero-order valence-corrected chi connectivity index (χ0v) is 23.8. The van der Waals surface area contributed by atoms with Gasteiger partial charge in [0.1, 0.15) is 27.9 Å². The molecule has 0 heterocycles. The Hall–Kier alpha value is -3.58. The molecule has 0 radical (unpaired) electrons. The highest BCUT2D eigenvalue weighted by Gasteiger charge is 2.28. The number of hydrogen-bond acceptors (Lipinski definition) is 5. The van der Waals surface area contributed by atoms with E-state index < -0.39 is 15.8 Å². The van der Waals surface area contributed by atoms with Gasteiger partial charge in [0, 0.05) is 6.26 Å². The molecule has 0 saturated heterocycles. The smallest absolute Gasteiger partial charge is 0.303 e. The molecule has 39 heavy (non-hydrogen) atoms. The molecule has 1 unspecified atom stereocenters. The van der Waals surface area contributed by atoms with E-state index in [1.165, 1.54) is 6.26 Å². The van der Waals surface area contributed by atoms with E-state index in [2.05, 4.69) is 32.1 Å². The fraction of sp³-hybridized carbons (Fsp3) is 0.344. The Morgan fingerprint density at radius 3 is 2.44 bits per heavy atom. The van der Waals surface area contributed by atoms with E-state index in [4.69, 9.17) is 9.47 Å². The Bertz CT molecular complexity index is 1480. The number of carbonyl (C=O) groups is 1. The quantitative estimate of drug-likeness (QED) is 0.267. The third kappa shape index (κ3) is 7.30. The van der Waals surface area contributed by atoms with Gasteiger partial charge in [-0.2, -0.15) is 0 Å². The maximum Gasteiger partial charge on any atom is 0.303 e. The van der Waals surface area contributed by atoms with E-state index in [-0.39, 0.29) is 18.1 Å². The van der Waals surface area contributed by atoms with Crippen LogP contribution in [0.25, 0.3) is 16.7 Å².